The largest absolute Gasteiger partial charge is 0.497 e. The van der Waals surface area contributed by atoms with Gasteiger partial charge in [0.05, 0.1) is 7.11 Å². The molecule has 3 heteroatoms. The highest BCUT2D eigenvalue weighted by molar-refractivity contribution is 5.87. The number of rotatable bonds is 4. The molecule has 0 aliphatic rings. The average molecular weight is 246 g/mol. The third-order valence-corrected chi connectivity index (χ3v) is 3.50. The Kier molecular flexibility index (Phi) is 3.62. The molecule has 0 amide bonds. The molecule has 0 aliphatic heterocycles. The van der Waals surface area contributed by atoms with Crippen LogP contribution in [0.1, 0.15) is 31.0 Å². The predicted octanol–water partition coefficient (Wildman–Crippen LogP) is 2.81. The summed E-state index contributed by atoms with van der Waals surface area (Å²) in [6.45, 7) is 5.13. The summed E-state index contributed by atoms with van der Waals surface area (Å²) in [5.41, 5.74) is 9.76. The van der Waals surface area contributed by atoms with Crippen LogP contribution >= 0.6 is 0 Å². The second-order valence-corrected chi connectivity index (χ2v) is 5.00. The molecule has 2 rings (SSSR count). The summed E-state index contributed by atoms with van der Waals surface area (Å²) < 4.78 is 7.61. The van der Waals surface area contributed by atoms with Gasteiger partial charge in [-0.3, -0.25) is 0 Å². The Bertz CT molecular complexity index is 555. The number of benzene rings is 1. The maximum atomic E-state index is 5.76. The molecule has 1 aromatic carbocycles. The fraction of sp³-hybridized carbons (Fsp3) is 0.467. The molecule has 2 aromatic rings. The smallest absolute Gasteiger partial charge is 0.119 e. The van der Waals surface area contributed by atoms with E-state index in [1.165, 1.54) is 22.2 Å². The van der Waals surface area contributed by atoms with Gasteiger partial charge in [0.1, 0.15) is 5.75 Å². The molecule has 0 unspecified atom stereocenters. The number of methoxy groups -OCH3 is 1. The van der Waals surface area contributed by atoms with Crippen molar-refractivity contribution in [2.45, 2.75) is 26.2 Å². The lowest BCUT2D eigenvalue weighted by Crippen LogP contribution is -2.07. The van der Waals surface area contributed by atoms with E-state index < -0.39 is 0 Å². The zero-order valence-electron chi connectivity index (χ0n) is 11.7. The van der Waals surface area contributed by atoms with Crippen LogP contribution in [-0.2, 0) is 13.5 Å². The van der Waals surface area contributed by atoms with Gasteiger partial charge in [0.2, 0.25) is 0 Å². The number of nitrogens with zero attached hydrogens (tertiary/aromatic N) is 1. The minimum Gasteiger partial charge on any atom is -0.497 e. The van der Waals surface area contributed by atoms with Gasteiger partial charge in [-0.05, 0) is 42.6 Å². The van der Waals surface area contributed by atoms with Gasteiger partial charge in [0.15, 0.2) is 0 Å². The van der Waals surface area contributed by atoms with Gasteiger partial charge >= 0.3 is 0 Å². The maximum Gasteiger partial charge on any atom is 0.119 e. The molecule has 0 spiro atoms. The molecule has 0 radical (unpaired) electrons. The molecule has 1 aromatic heterocycles. The SMILES string of the molecule is COc1ccc2c(c1)c(CCN)c(C(C)C)n2C. The predicted molar refractivity (Wildman–Crippen MR) is 76.3 cm³/mol. The molecule has 18 heavy (non-hydrogen) atoms. The van der Waals surface area contributed by atoms with Gasteiger partial charge in [-0.2, -0.15) is 0 Å². The van der Waals surface area contributed by atoms with Crippen molar-refractivity contribution in [1.82, 2.24) is 4.57 Å². The van der Waals surface area contributed by atoms with Crippen molar-refractivity contribution in [2.75, 3.05) is 13.7 Å². The Labute approximate surface area is 109 Å². The zero-order valence-corrected chi connectivity index (χ0v) is 11.7. The second kappa shape index (κ2) is 5.02. The molecule has 3 nitrogen and oxygen atoms in total. The molecule has 0 fully saturated rings. The van der Waals surface area contributed by atoms with Crippen molar-refractivity contribution in [3.8, 4) is 5.75 Å². The van der Waals surface area contributed by atoms with Crippen LogP contribution in [-0.4, -0.2) is 18.2 Å². The van der Waals surface area contributed by atoms with Crippen molar-refractivity contribution in [1.29, 1.82) is 0 Å². The molecular weight excluding hydrogens is 224 g/mol. The minimum atomic E-state index is 0.495. The van der Waals surface area contributed by atoms with Crippen LogP contribution in [0.3, 0.4) is 0 Å². The maximum absolute atomic E-state index is 5.76. The van der Waals surface area contributed by atoms with Gasteiger partial charge in [-0.15, -0.1) is 0 Å². The molecule has 98 valence electrons. The van der Waals surface area contributed by atoms with Crippen LogP contribution in [0.5, 0.6) is 5.75 Å². The van der Waals surface area contributed by atoms with Gasteiger partial charge in [-0.1, -0.05) is 13.8 Å². The summed E-state index contributed by atoms with van der Waals surface area (Å²) in [5, 5.41) is 1.27. The van der Waals surface area contributed by atoms with Crippen LogP contribution in [0.25, 0.3) is 10.9 Å². The summed E-state index contributed by atoms with van der Waals surface area (Å²) in [6.07, 6.45) is 0.915. The first kappa shape index (κ1) is 13.0. The van der Waals surface area contributed by atoms with Gasteiger partial charge in [0, 0.05) is 23.6 Å². The third-order valence-electron chi connectivity index (χ3n) is 3.50. The Morgan fingerprint density at radius 1 is 1.33 bits per heavy atom. The first-order chi connectivity index (χ1) is 8.60. The molecule has 0 aliphatic carbocycles. The molecule has 2 N–H and O–H groups in total. The van der Waals surface area contributed by atoms with Gasteiger partial charge in [-0.25, -0.2) is 0 Å². The van der Waals surface area contributed by atoms with E-state index >= 15 is 0 Å². The first-order valence-electron chi connectivity index (χ1n) is 6.45. The highest BCUT2D eigenvalue weighted by atomic mass is 16.5. The Morgan fingerprint density at radius 2 is 2.06 bits per heavy atom. The molecule has 0 saturated heterocycles. The lowest BCUT2D eigenvalue weighted by molar-refractivity contribution is 0.415. The van der Waals surface area contributed by atoms with Crippen LogP contribution in [0, 0.1) is 0 Å². The van der Waals surface area contributed by atoms with Gasteiger partial charge in [0.25, 0.3) is 0 Å². The fourth-order valence-corrected chi connectivity index (χ4v) is 2.79. The quantitative estimate of drug-likeness (QED) is 0.901. The van der Waals surface area contributed by atoms with Crippen molar-refractivity contribution in [3.05, 3.63) is 29.5 Å². The second-order valence-electron chi connectivity index (χ2n) is 5.00. The number of hydrogen-bond donors (Lipinski definition) is 1. The molecule has 0 saturated carbocycles. The van der Waals surface area contributed by atoms with Crippen molar-refractivity contribution < 1.29 is 4.74 Å². The number of hydrogen-bond acceptors (Lipinski definition) is 2. The fourth-order valence-electron chi connectivity index (χ4n) is 2.79. The summed E-state index contributed by atoms with van der Waals surface area (Å²) >= 11 is 0. The lowest BCUT2D eigenvalue weighted by atomic mass is 10.0. The first-order valence-corrected chi connectivity index (χ1v) is 6.45. The van der Waals surface area contributed by atoms with E-state index in [-0.39, 0.29) is 0 Å². The van der Waals surface area contributed by atoms with E-state index in [1.54, 1.807) is 7.11 Å². The lowest BCUT2D eigenvalue weighted by Gasteiger charge is -2.10. The van der Waals surface area contributed by atoms with Crippen LogP contribution in [0.4, 0.5) is 0 Å². The van der Waals surface area contributed by atoms with E-state index in [1.807, 2.05) is 6.07 Å². The van der Waals surface area contributed by atoms with Crippen LogP contribution < -0.4 is 10.5 Å². The Morgan fingerprint density at radius 3 is 2.61 bits per heavy atom. The number of aryl methyl sites for hydroxylation is 1. The Balaban J connectivity index is 2.75. The summed E-state index contributed by atoms with van der Waals surface area (Å²) in [5.74, 6) is 1.40. The minimum absolute atomic E-state index is 0.495. The third kappa shape index (κ3) is 1.99. The number of nitrogens with two attached hydrogens (primary N) is 1. The molecule has 0 atom stereocenters. The standard InChI is InChI=1S/C15H22N2O/c1-10(2)15-12(7-8-16)13-9-11(18-4)5-6-14(13)17(15)3/h5-6,9-10H,7-8,16H2,1-4H3. The molecular formula is C15H22N2O. The highest BCUT2D eigenvalue weighted by Gasteiger charge is 2.17. The van der Waals surface area contributed by atoms with Crippen molar-refractivity contribution in [2.24, 2.45) is 12.8 Å². The normalized spacial score (nSPS) is 11.4. The van der Waals surface area contributed by atoms with E-state index in [0.29, 0.717) is 12.5 Å². The molecule has 1 heterocycles. The topological polar surface area (TPSA) is 40.2 Å². The average Bonchev–Trinajstić information content (AvgIpc) is 2.63. The zero-order chi connectivity index (χ0) is 13.3. The molecule has 0 bridgehead atoms. The van der Waals surface area contributed by atoms with E-state index in [0.717, 1.165) is 12.2 Å². The van der Waals surface area contributed by atoms with Gasteiger partial charge < -0.3 is 15.0 Å². The summed E-state index contributed by atoms with van der Waals surface area (Å²) in [4.78, 5) is 0. The van der Waals surface area contributed by atoms with E-state index in [4.69, 9.17) is 10.5 Å². The van der Waals surface area contributed by atoms with E-state index in [9.17, 15) is 0 Å². The number of fused-ring (bicyclic) bond motifs is 1. The Hall–Kier alpha value is -1.48. The van der Waals surface area contributed by atoms with Crippen LogP contribution in [0.2, 0.25) is 0 Å². The van der Waals surface area contributed by atoms with Crippen molar-refractivity contribution >= 4 is 10.9 Å². The number of ether oxygens (including phenoxy) is 1. The highest BCUT2D eigenvalue weighted by Crippen LogP contribution is 2.32. The number of aromatic nitrogens is 1. The van der Waals surface area contributed by atoms with E-state index in [2.05, 4.69) is 37.6 Å². The summed E-state index contributed by atoms with van der Waals surface area (Å²) in [7, 11) is 3.83. The summed E-state index contributed by atoms with van der Waals surface area (Å²) in [6, 6.07) is 6.25. The van der Waals surface area contributed by atoms with Crippen molar-refractivity contribution in [3.63, 3.8) is 0 Å². The monoisotopic (exact) mass is 246 g/mol. The van der Waals surface area contributed by atoms with Crippen LogP contribution in [0.15, 0.2) is 18.2 Å².